The summed E-state index contributed by atoms with van der Waals surface area (Å²) >= 11 is 1.28. The summed E-state index contributed by atoms with van der Waals surface area (Å²) in [4.78, 5) is 12.2. The van der Waals surface area contributed by atoms with Gasteiger partial charge in [-0.15, -0.1) is 10.2 Å². The number of nitrogens with zero attached hydrogens (tertiary/aromatic N) is 3. The number of ketones is 1. The van der Waals surface area contributed by atoms with Gasteiger partial charge in [-0.2, -0.15) is 0 Å². The van der Waals surface area contributed by atoms with E-state index >= 15 is 0 Å². The maximum atomic E-state index is 12.2. The minimum absolute atomic E-state index is 0.0410. The van der Waals surface area contributed by atoms with Crippen LogP contribution < -0.4 is 5.84 Å². The highest BCUT2D eigenvalue weighted by Gasteiger charge is 2.14. The van der Waals surface area contributed by atoms with E-state index < -0.39 is 0 Å². The molecule has 0 aliphatic heterocycles. The summed E-state index contributed by atoms with van der Waals surface area (Å²) in [7, 11) is 0. The van der Waals surface area contributed by atoms with Crippen LogP contribution in [0.2, 0.25) is 0 Å². The van der Waals surface area contributed by atoms with E-state index in [1.165, 1.54) is 16.4 Å². The van der Waals surface area contributed by atoms with Gasteiger partial charge in [0.15, 0.2) is 11.6 Å². The molecule has 2 aromatic carbocycles. The Morgan fingerprint density at radius 2 is 1.78 bits per heavy atom. The molecule has 0 unspecified atom stereocenters. The quantitative estimate of drug-likeness (QED) is 0.444. The molecule has 2 N–H and O–H groups in total. The molecule has 1 aromatic heterocycles. The van der Waals surface area contributed by atoms with Crippen LogP contribution in [0.5, 0.6) is 0 Å². The van der Waals surface area contributed by atoms with Crippen molar-refractivity contribution in [3.63, 3.8) is 0 Å². The van der Waals surface area contributed by atoms with Crippen LogP contribution in [-0.2, 0) is 0 Å². The Balaban J connectivity index is 1.71. The molecule has 0 fully saturated rings. The first kappa shape index (κ1) is 15.3. The van der Waals surface area contributed by atoms with Gasteiger partial charge in [0.2, 0.25) is 5.16 Å². The molecule has 0 aliphatic rings. The number of aromatic nitrogens is 3. The number of thioether (sulfide) groups is 1. The van der Waals surface area contributed by atoms with Crippen LogP contribution in [0.25, 0.3) is 11.4 Å². The molecule has 6 heteroatoms. The average molecular weight is 324 g/mol. The lowest BCUT2D eigenvalue weighted by atomic mass is 10.1. The minimum Gasteiger partial charge on any atom is -0.335 e. The Kier molecular flexibility index (Phi) is 4.43. The summed E-state index contributed by atoms with van der Waals surface area (Å²) in [5, 5.41) is 8.69. The molecule has 3 aromatic rings. The van der Waals surface area contributed by atoms with Crippen LogP contribution in [0.1, 0.15) is 15.9 Å². The van der Waals surface area contributed by atoms with Gasteiger partial charge in [-0.25, -0.2) is 4.68 Å². The Bertz CT molecular complexity index is 812. The van der Waals surface area contributed by atoms with Crippen molar-refractivity contribution in [2.45, 2.75) is 12.1 Å². The maximum absolute atomic E-state index is 12.2. The number of nitrogen functional groups attached to an aromatic ring is 1. The molecule has 0 radical (unpaired) electrons. The van der Waals surface area contributed by atoms with Crippen molar-refractivity contribution >= 4 is 17.5 Å². The normalized spacial score (nSPS) is 10.7. The van der Waals surface area contributed by atoms with Gasteiger partial charge in [0.25, 0.3) is 0 Å². The van der Waals surface area contributed by atoms with Crippen molar-refractivity contribution in [1.82, 2.24) is 14.9 Å². The topological polar surface area (TPSA) is 73.8 Å². The zero-order valence-electron chi connectivity index (χ0n) is 12.6. The van der Waals surface area contributed by atoms with E-state index in [4.69, 9.17) is 5.84 Å². The predicted octanol–water partition coefficient (Wildman–Crippen LogP) is 2.94. The molecule has 0 atom stereocenters. The summed E-state index contributed by atoms with van der Waals surface area (Å²) in [6.45, 7) is 1.99. The van der Waals surface area contributed by atoms with Gasteiger partial charge >= 0.3 is 0 Å². The van der Waals surface area contributed by atoms with Crippen LogP contribution in [0.4, 0.5) is 0 Å². The predicted molar refractivity (Wildman–Crippen MR) is 91.8 cm³/mol. The Morgan fingerprint density at radius 1 is 1.09 bits per heavy atom. The van der Waals surface area contributed by atoms with E-state index in [1.807, 2.05) is 61.5 Å². The second-order valence-electron chi connectivity index (χ2n) is 5.12. The number of nitrogens with two attached hydrogens (primary N) is 1. The maximum Gasteiger partial charge on any atom is 0.210 e. The summed E-state index contributed by atoms with van der Waals surface area (Å²) in [6, 6.07) is 17.1. The van der Waals surface area contributed by atoms with Crippen LogP contribution >= 0.6 is 11.8 Å². The first-order valence-corrected chi connectivity index (χ1v) is 8.12. The molecule has 0 amide bonds. The van der Waals surface area contributed by atoms with Crippen molar-refractivity contribution in [2.75, 3.05) is 11.6 Å². The highest BCUT2D eigenvalue weighted by atomic mass is 32.2. The van der Waals surface area contributed by atoms with Crippen LogP contribution in [0, 0.1) is 6.92 Å². The number of hydrogen-bond donors (Lipinski definition) is 1. The largest absolute Gasteiger partial charge is 0.335 e. The first-order valence-electron chi connectivity index (χ1n) is 7.14. The van der Waals surface area contributed by atoms with E-state index in [0.717, 1.165) is 11.1 Å². The summed E-state index contributed by atoms with van der Waals surface area (Å²) < 4.78 is 1.42. The smallest absolute Gasteiger partial charge is 0.210 e. The SMILES string of the molecule is Cc1ccc(C(=O)CSc2nnc(-c3ccccc3)n2N)cc1. The molecule has 0 saturated carbocycles. The second kappa shape index (κ2) is 6.66. The van der Waals surface area contributed by atoms with Gasteiger partial charge < -0.3 is 5.84 Å². The number of aryl methyl sites for hydroxylation is 1. The second-order valence-corrected chi connectivity index (χ2v) is 6.06. The number of Topliss-reactive ketones (excluding diaryl/α,β-unsaturated/α-hetero) is 1. The highest BCUT2D eigenvalue weighted by molar-refractivity contribution is 7.99. The number of rotatable bonds is 5. The molecule has 0 aliphatic carbocycles. The molecule has 3 rings (SSSR count). The van der Waals surface area contributed by atoms with Gasteiger partial charge in [-0.1, -0.05) is 71.9 Å². The van der Waals surface area contributed by atoms with Gasteiger partial charge in [0.1, 0.15) is 0 Å². The van der Waals surface area contributed by atoms with E-state index in [2.05, 4.69) is 10.2 Å². The fourth-order valence-corrected chi connectivity index (χ4v) is 2.86. The van der Waals surface area contributed by atoms with Crippen molar-refractivity contribution in [3.8, 4) is 11.4 Å². The third-order valence-electron chi connectivity index (χ3n) is 3.40. The number of carbonyl (C=O) groups excluding carboxylic acids is 1. The first-order chi connectivity index (χ1) is 11.1. The summed E-state index contributed by atoms with van der Waals surface area (Å²) in [5.74, 6) is 6.93. The van der Waals surface area contributed by atoms with Crippen molar-refractivity contribution in [1.29, 1.82) is 0 Å². The molecule has 5 nitrogen and oxygen atoms in total. The zero-order chi connectivity index (χ0) is 16.2. The van der Waals surface area contributed by atoms with E-state index in [9.17, 15) is 4.79 Å². The van der Waals surface area contributed by atoms with E-state index in [1.54, 1.807) is 0 Å². The van der Waals surface area contributed by atoms with Crippen LogP contribution in [-0.4, -0.2) is 26.4 Å². The van der Waals surface area contributed by atoms with Crippen molar-refractivity contribution < 1.29 is 4.79 Å². The van der Waals surface area contributed by atoms with Crippen molar-refractivity contribution in [3.05, 3.63) is 65.7 Å². The standard InChI is InChI=1S/C17H16N4OS/c1-12-7-9-13(10-8-12)15(22)11-23-17-20-19-16(21(17)18)14-5-3-2-4-6-14/h2-10H,11,18H2,1H3. The molecule has 116 valence electrons. The molecule has 23 heavy (non-hydrogen) atoms. The summed E-state index contributed by atoms with van der Waals surface area (Å²) in [6.07, 6.45) is 0. The Hall–Kier alpha value is -2.60. The molecule has 0 saturated heterocycles. The van der Waals surface area contributed by atoms with Crippen LogP contribution in [0.3, 0.4) is 0 Å². The fourth-order valence-electron chi connectivity index (χ4n) is 2.11. The molecular weight excluding hydrogens is 308 g/mol. The van der Waals surface area contributed by atoms with E-state index in [0.29, 0.717) is 16.5 Å². The molecule has 1 heterocycles. The lowest BCUT2D eigenvalue weighted by Gasteiger charge is -2.04. The number of carbonyl (C=O) groups is 1. The third kappa shape index (κ3) is 3.43. The highest BCUT2D eigenvalue weighted by Crippen LogP contribution is 2.22. The van der Waals surface area contributed by atoms with Crippen LogP contribution in [0.15, 0.2) is 59.8 Å². The van der Waals surface area contributed by atoms with Gasteiger partial charge in [-0.3, -0.25) is 4.79 Å². The van der Waals surface area contributed by atoms with Crippen molar-refractivity contribution in [2.24, 2.45) is 0 Å². The number of benzene rings is 2. The lowest BCUT2D eigenvalue weighted by Crippen LogP contribution is -2.12. The Morgan fingerprint density at radius 3 is 2.48 bits per heavy atom. The summed E-state index contributed by atoms with van der Waals surface area (Å²) in [5.41, 5.74) is 2.71. The molecule has 0 spiro atoms. The minimum atomic E-state index is 0.0410. The molecule has 0 bridgehead atoms. The number of hydrogen-bond acceptors (Lipinski definition) is 5. The fraction of sp³-hybridized carbons (Fsp3) is 0.118. The van der Waals surface area contributed by atoms with Gasteiger partial charge in [0, 0.05) is 11.1 Å². The average Bonchev–Trinajstić information content (AvgIpc) is 2.95. The Labute approximate surface area is 138 Å². The van der Waals surface area contributed by atoms with Gasteiger partial charge in [-0.05, 0) is 6.92 Å². The lowest BCUT2D eigenvalue weighted by molar-refractivity contribution is 0.102. The molecular formula is C17H16N4OS. The van der Waals surface area contributed by atoms with E-state index in [-0.39, 0.29) is 11.5 Å². The van der Waals surface area contributed by atoms with Gasteiger partial charge in [0.05, 0.1) is 5.75 Å². The zero-order valence-corrected chi connectivity index (χ0v) is 13.5. The monoisotopic (exact) mass is 324 g/mol. The third-order valence-corrected chi connectivity index (χ3v) is 4.35.